The maximum absolute atomic E-state index is 3.84. The second-order valence-corrected chi connectivity index (χ2v) is 6.18. The van der Waals surface area contributed by atoms with Gasteiger partial charge in [-0.1, -0.05) is 26.2 Å². The van der Waals surface area contributed by atoms with Gasteiger partial charge in [0.1, 0.15) is 0 Å². The van der Waals surface area contributed by atoms with Crippen molar-refractivity contribution in [2.75, 3.05) is 6.54 Å². The van der Waals surface area contributed by atoms with Gasteiger partial charge in [-0.25, -0.2) is 0 Å². The third-order valence-corrected chi connectivity index (χ3v) is 4.98. The van der Waals surface area contributed by atoms with Crippen molar-refractivity contribution in [3.63, 3.8) is 0 Å². The van der Waals surface area contributed by atoms with E-state index in [-0.39, 0.29) is 0 Å². The van der Waals surface area contributed by atoms with E-state index in [0.29, 0.717) is 5.41 Å². The summed E-state index contributed by atoms with van der Waals surface area (Å²) in [7, 11) is 0. The van der Waals surface area contributed by atoms with Crippen molar-refractivity contribution in [1.29, 1.82) is 0 Å². The number of hydrogen-bond acceptors (Lipinski definition) is 1. The van der Waals surface area contributed by atoms with Crippen molar-refractivity contribution in [1.82, 2.24) is 5.32 Å². The second kappa shape index (κ2) is 3.23. The van der Waals surface area contributed by atoms with Gasteiger partial charge in [0.15, 0.2) is 0 Å². The highest BCUT2D eigenvalue weighted by atomic mass is 15.0. The molecule has 0 aliphatic heterocycles. The van der Waals surface area contributed by atoms with Crippen molar-refractivity contribution >= 4 is 0 Å². The molecule has 1 heteroatoms. The first-order chi connectivity index (χ1) is 6.79. The van der Waals surface area contributed by atoms with Gasteiger partial charge < -0.3 is 5.32 Å². The van der Waals surface area contributed by atoms with Gasteiger partial charge in [0.25, 0.3) is 0 Å². The summed E-state index contributed by atoms with van der Waals surface area (Å²) in [6.45, 7) is 3.75. The average molecular weight is 193 g/mol. The topological polar surface area (TPSA) is 12.0 Å². The zero-order chi connectivity index (χ0) is 9.60. The summed E-state index contributed by atoms with van der Waals surface area (Å²) in [6, 6.07) is 0.926. The van der Waals surface area contributed by atoms with Crippen LogP contribution in [0.25, 0.3) is 0 Å². The predicted octanol–water partition coefficient (Wildman–Crippen LogP) is 2.95. The van der Waals surface area contributed by atoms with E-state index in [1.54, 1.807) is 0 Å². The Hall–Kier alpha value is -0.0400. The average Bonchev–Trinajstić information content (AvgIpc) is 2.86. The van der Waals surface area contributed by atoms with Crippen LogP contribution in [0.5, 0.6) is 0 Å². The molecule has 0 saturated heterocycles. The van der Waals surface area contributed by atoms with Gasteiger partial charge in [-0.2, -0.15) is 0 Å². The Morgan fingerprint density at radius 2 is 1.71 bits per heavy atom. The summed E-state index contributed by atoms with van der Waals surface area (Å²) in [5.74, 6) is 2.15. The van der Waals surface area contributed by atoms with E-state index in [9.17, 15) is 0 Å². The number of hydrogen-bond donors (Lipinski definition) is 1. The lowest BCUT2D eigenvalue weighted by Crippen LogP contribution is -2.38. The molecular weight excluding hydrogens is 170 g/mol. The second-order valence-electron chi connectivity index (χ2n) is 6.18. The molecule has 3 saturated carbocycles. The number of nitrogens with one attached hydrogen (secondary N) is 1. The van der Waals surface area contributed by atoms with E-state index < -0.39 is 0 Å². The molecule has 0 aromatic heterocycles. The van der Waals surface area contributed by atoms with Gasteiger partial charge in [0.2, 0.25) is 0 Å². The van der Waals surface area contributed by atoms with Crippen LogP contribution in [0.2, 0.25) is 0 Å². The Labute approximate surface area is 87.7 Å². The third kappa shape index (κ3) is 1.50. The maximum Gasteiger partial charge on any atom is 0.0130 e. The summed E-state index contributed by atoms with van der Waals surface area (Å²) in [4.78, 5) is 0. The molecule has 2 atom stereocenters. The van der Waals surface area contributed by atoms with Crippen LogP contribution in [0.3, 0.4) is 0 Å². The van der Waals surface area contributed by atoms with Crippen molar-refractivity contribution in [3.05, 3.63) is 0 Å². The zero-order valence-electron chi connectivity index (χ0n) is 9.39. The molecule has 0 amide bonds. The minimum Gasteiger partial charge on any atom is -0.313 e. The first kappa shape index (κ1) is 9.21. The lowest BCUT2D eigenvalue weighted by Gasteiger charge is -2.38. The van der Waals surface area contributed by atoms with E-state index in [4.69, 9.17) is 0 Å². The van der Waals surface area contributed by atoms with Crippen LogP contribution in [-0.4, -0.2) is 12.6 Å². The Bertz CT molecular complexity index is 207. The molecule has 0 radical (unpaired) electrons. The van der Waals surface area contributed by atoms with Gasteiger partial charge in [-0.3, -0.25) is 0 Å². The lowest BCUT2D eigenvalue weighted by atomic mass is 9.70. The highest BCUT2D eigenvalue weighted by Gasteiger charge is 2.50. The summed E-state index contributed by atoms with van der Waals surface area (Å²) in [6.07, 6.45) is 10.4. The Balaban J connectivity index is 1.45. The van der Waals surface area contributed by atoms with Crippen molar-refractivity contribution in [2.24, 2.45) is 17.3 Å². The molecule has 3 fully saturated rings. The zero-order valence-corrected chi connectivity index (χ0v) is 9.39. The first-order valence-corrected chi connectivity index (χ1v) is 6.52. The molecular formula is C13H23N. The number of rotatable bonds is 3. The van der Waals surface area contributed by atoms with Crippen molar-refractivity contribution in [2.45, 2.75) is 57.9 Å². The molecule has 0 aromatic rings. The summed E-state index contributed by atoms with van der Waals surface area (Å²) in [5.41, 5.74) is 0.672. The smallest absolute Gasteiger partial charge is 0.0130 e. The highest BCUT2D eigenvalue weighted by Crippen LogP contribution is 2.50. The summed E-state index contributed by atoms with van der Waals surface area (Å²) in [5, 5.41) is 3.84. The molecule has 80 valence electrons. The fourth-order valence-electron chi connectivity index (χ4n) is 3.62. The quantitative estimate of drug-likeness (QED) is 0.726. The summed E-state index contributed by atoms with van der Waals surface area (Å²) >= 11 is 0. The Morgan fingerprint density at radius 1 is 1.07 bits per heavy atom. The largest absolute Gasteiger partial charge is 0.313 e. The minimum atomic E-state index is 0.672. The van der Waals surface area contributed by atoms with E-state index in [0.717, 1.165) is 17.9 Å². The molecule has 3 aliphatic carbocycles. The van der Waals surface area contributed by atoms with Crippen LogP contribution in [0.1, 0.15) is 51.9 Å². The van der Waals surface area contributed by atoms with Crippen LogP contribution >= 0.6 is 0 Å². The Morgan fingerprint density at radius 3 is 2.21 bits per heavy atom. The SMILES string of the molecule is CC1(CNC2C3CCCCC32)CCC1. The lowest BCUT2D eigenvalue weighted by molar-refractivity contribution is 0.155. The van der Waals surface area contributed by atoms with E-state index in [2.05, 4.69) is 12.2 Å². The normalized spacial score (nSPS) is 43.9. The molecule has 0 bridgehead atoms. The van der Waals surface area contributed by atoms with Crippen LogP contribution in [0.4, 0.5) is 0 Å². The van der Waals surface area contributed by atoms with Gasteiger partial charge in [0.05, 0.1) is 0 Å². The monoisotopic (exact) mass is 193 g/mol. The fraction of sp³-hybridized carbons (Fsp3) is 1.00. The molecule has 1 N–H and O–H groups in total. The van der Waals surface area contributed by atoms with Crippen LogP contribution in [0.15, 0.2) is 0 Å². The van der Waals surface area contributed by atoms with E-state index in [1.807, 2.05) is 0 Å². The summed E-state index contributed by atoms with van der Waals surface area (Å²) < 4.78 is 0. The number of fused-ring (bicyclic) bond motifs is 1. The molecule has 0 aromatic carbocycles. The van der Waals surface area contributed by atoms with Crippen LogP contribution in [-0.2, 0) is 0 Å². The molecule has 3 aliphatic rings. The molecule has 0 spiro atoms. The van der Waals surface area contributed by atoms with Crippen molar-refractivity contribution < 1.29 is 0 Å². The van der Waals surface area contributed by atoms with Crippen molar-refractivity contribution in [3.8, 4) is 0 Å². The van der Waals surface area contributed by atoms with Gasteiger partial charge in [-0.05, 0) is 42.9 Å². The first-order valence-electron chi connectivity index (χ1n) is 6.52. The predicted molar refractivity (Wildman–Crippen MR) is 59.2 cm³/mol. The van der Waals surface area contributed by atoms with Gasteiger partial charge in [0, 0.05) is 12.6 Å². The molecule has 14 heavy (non-hydrogen) atoms. The van der Waals surface area contributed by atoms with Gasteiger partial charge >= 0.3 is 0 Å². The third-order valence-electron chi connectivity index (χ3n) is 4.98. The van der Waals surface area contributed by atoms with E-state index in [1.165, 1.54) is 51.5 Å². The highest BCUT2D eigenvalue weighted by molar-refractivity contribution is 5.05. The molecule has 2 unspecified atom stereocenters. The molecule has 0 heterocycles. The standard InChI is InChI=1S/C13H23N/c1-13(7-4-8-13)9-14-12-10-5-2-3-6-11(10)12/h10-12,14H,2-9H2,1H3. The van der Waals surface area contributed by atoms with Crippen LogP contribution in [0, 0.1) is 17.3 Å². The molecule has 1 nitrogen and oxygen atoms in total. The minimum absolute atomic E-state index is 0.672. The Kier molecular flexibility index (Phi) is 2.12. The van der Waals surface area contributed by atoms with Gasteiger partial charge in [-0.15, -0.1) is 0 Å². The van der Waals surface area contributed by atoms with Crippen LogP contribution < -0.4 is 5.32 Å². The maximum atomic E-state index is 3.84. The fourth-order valence-corrected chi connectivity index (χ4v) is 3.62. The van der Waals surface area contributed by atoms with E-state index >= 15 is 0 Å². The molecule has 3 rings (SSSR count).